The average Bonchev–Trinajstić information content (AvgIpc) is 2.98. The van der Waals surface area contributed by atoms with Crippen LogP contribution < -0.4 is 10.5 Å². The molecule has 2 heterocycles. The van der Waals surface area contributed by atoms with Crippen LogP contribution in [-0.2, 0) is 13.0 Å². The molecule has 0 radical (unpaired) electrons. The average molecular weight is 366 g/mol. The molecule has 3 rings (SSSR count). The summed E-state index contributed by atoms with van der Waals surface area (Å²) < 4.78 is 9.08. The summed E-state index contributed by atoms with van der Waals surface area (Å²) in [6, 6.07) is 4.13. The van der Waals surface area contributed by atoms with Crippen LogP contribution in [0.4, 0.5) is 0 Å². The molecule has 0 bridgehead atoms. The van der Waals surface area contributed by atoms with E-state index in [1.807, 2.05) is 29.1 Å². The van der Waals surface area contributed by atoms with E-state index in [0.717, 1.165) is 38.4 Å². The van der Waals surface area contributed by atoms with Gasteiger partial charge in [-0.1, -0.05) is 15.9 Å². The quantitative estimate of drug-likeness (QED) is 0.751. The number of halogens is 1. The lowest BCUT2D eigenvalue weighted by molar-refractivity contribution is 0.297. The SMILES string of the molecule is Cc1cc(Br)cc(CCN)c1OCc1cn2ccsc2n1. The smallest absolute Gasteiger partial charge is 0.193 e. The number of aromatic nitrogens is 2. The Bertz CT molecular complexity index is 737. The zero-order valence-electron chi connectivity index (χ0n) is 11.7. The van der Waals surface area contributed by atoms with Gasteiger partial charge in [0.25, 0.3) is 0 Å². The van der Waals surface area contributed by atoms with Gasteiger partial charge in [0, 0.05) is 22.2 Å². The molecule has 0 aliphatic rings. The summed E-state index contributed by atoms with van der Waals surface area (Å²) in [7, 11) is 0. The van der Waals surface area contributed by atoms with Crippen molar-refractivity contribution in [3.05, 3.63) is 51.2 Å². The van der Waals surface area contributed by atoms with Crippen molar-refractivity contribution in [3.63, 3.8) is 0 Å². The molecule has 3 aromatic rings. The van der Waals surface area contributed by atoms with Gasteiger partial charge in [-0.15, -0.1) is 11.3 Å². The number of benzene rings is 1. The van der Waals surface area contributed by atoms with Gasteiger partial charge in [-0.25, -0.2) is 4.98 Å². The highest BCUT2D eigenvalue weighted by atomic mass is 79.9. The number of hydrogen-bond acceptors (Lipinski definition) is 4. The normalized spacial score (nSPS) is 11.2. The van der Waals surface area contributed by atoms with Crippen molar-refractivity contribution in [2.24, 2.45) is 5.73 Å². The fourth-order valence-electron chi connectivity index (χ4n) is 2.34. The molecule has 0 spiro atoms. The van der Waals surface area contributed by atoms with Crippen LogP contribution in [0.1, 0.15) is 16.8 Å². The molecule has 0 aliphatic heterocycles. The van der Waals surface area contributed by atoms with E-state index in [2.05, 4.69) is 33.0 Å². The van der Waals surface area contributed by atoms with Gasteiger partial charge in [0.15, 0.2) is 4.96 Å². The van der Waals surface area contributed by atoms with Crippen molar-refractivity contribution in [2.75, 3.05) is 6.54 Å². The number of hydrogen-bond donors (Lipinski definition) is 1. The molecule has 1 aromatic carbocycles. The van der Waals surface area contributed by atoms with E-state index >= 15 is 0 Å². The summed E-state index contributed by atoms with van der Waals surface area (Å²) in [6.45, 7) is 3.12. The van der Waals surface area contributed by atoms with Gasteiger partial charge in [-0.05, 0) is 43.1 Å². The first kappa shape index (κ1) is 14.6. The van der Waals surface area contributed by atoms with Crippen LogP contribution in [-0.4, -0.2) is 15.9 Å². The monoisotopic (exact) mass is 365 g/mol. The van der Waals surface area contributed by atoms with E-state index < -0.39 is 0 Å². The van der Waals surface area contributed by atoms with Crippen LogP contribution >= 0.6 is 27.3 Å². The van der Waals surface area contributed by atoms with E-state index in [-0.39, 0.29) is 0 Å². The minimum Gasteiger partial charge on any atom is -0.487 e. The fraction of sp³-hybridized carbons (Fsp3) is 0.267. The summed E-state index contributed by atoms with van der Waals surface area (Å²) in [5.41, 5.74) is 8.86. The van der Waals surface area contributed by atoms with Gasteiger partial charge in [0.2, 0.25) is 0 Å². The van der Waals surface area contributed by atoms with Crippen LogP contribution in [0.3, 0.4) is 0 Å². The zero-order valence-corrected chi connectivity index (χ0v) is 14.1. The predicted octanol–water partition coefficient (Wildman–Crippen LogP) is 3.55. The Morgan fingerprint density at radius 3 is 3.05 bits per heavy atom. The second-order valence-electron chi connectivity index (χ2n) is 4.86. The first-order chi connectivity index (χ1) is 10.2. The Balaban J connectivity index is 1.82. The minimum atomic E-state index is 0.467. The molecule has 0 atom stereocenters. The van der Waals surface area contributed by atoms with E-state index in [1.54, 1.807) is 11.3 Å². The van der Waals surface area contributed by atoms with Crippen LogP contribution in [0.25, 0.3) is 4.96 Å². The largest absolute Gasteiger partial charge is 0.487 e. The first-order valence-electron chi connectivity index (χ1n) is 6.70. The highest BCUT2D eigenvalue weighted by molar-refractivity contribution is 9.10. The summed E-state index contributed by atoms with van der Waals surface area (Å²) in [5, 5.41) is 2.02. The highest BCUT2D eigenvalue weighted by Gasteiger charge is 2.10. The van der Waals surface area contributed by atoms with Crippen LogP contribution in [0.5, 0.6) is 5.75 Å². The van der Waals surface area contributed by atoms with Gasteiger partial charge in [0.05, 0.1) is 5.69 Å². The van der Waals surface area contributed by atoms with Crippen LogP contribution in [0.15, 0.2) is 34.4 Å². The third-order valence-electron chi connectivity index (χ3n) is 3.24. The van der Waals surface area contributed by atoms with E-state index in [0.29, 0.717) is 13.2 Å². The molecule has 2 aromatic heterocycles. The van der Waals surface area contributed by atoms with Crippen molar-refractivity contribution in [1.29, 1.82) is 0 Å². The molecule has 6 heteroatoms. The van der Waals surface area contributed by atoms with E-state index in [4.69, 9.17) is 10.5 Å². The maximum atomic E-state index is 6.01. The predicted molar refractivity (Wildman–Crippen MR) is 89.0 cm³/mol. The lowest BCUT2D eigenvalue weighted by Crippen LogP contribution is -2.07. The van der Waals surface area contributed by atoms with Crippen molar-refractivity contribution in [1.82, 2.24) is 9.38 Å². The Labute approximate surface area is 135 Å². The number of nitrogens with zero attached hydrogens (tertiary/aromatic N) is 2. The molecular weight excluding hydrogens is 350 g/mol. The fourth-order valence-corrected chi connectivity index (χ4v) is 3.68. The molecule has 4 nitrogen and oxygen atoms in total. The Kier molecular flexibility index (Phi) is 4.28. The Hall–Kier alpha value is -1.37. The van der Waals surface area contributed by atoms with Crippen molar-refractivity contribution < 1.29 is 4.74 Å². The summed E-state index contributed by atoms with van der Waals surface area (Å²) in [5.74, 6) is 0.917. The molecule has 21 heavy (non-hydrogen) atoms. The number of imidazole rings is 1. The molecule has 0 saturated carbocycles. The van der Waals surface area contributed by atoms with E-state index in [9.17, 15) is 0 Å². The lowest BCUT2D eigenvalue weighted by atomic mass is 10.1. The number of ether oxygens (including phenoxy) is 1. The third kappa shape index (κ3) is 3.12. The topological polar surface area (TPSA) is 52.5 Å². The second-order valence-corrected chi connectivity index (χ2v) is 6.65. The van der Waals surface area contributed by atoms with Crippen molar-refractivity contribution in [3.8, 4) is 5.75 Å². The van der Waals surface area contributed by atoms with Gasteiger partial charge >= 0.3 is 0 Å². The number of aryl methyl sites for hydroxylation is 1. The van der Waals surface area contributed by atoms with Crippen molar-refractivity contribution >= 4 is 32.2 Å². The van der Waals surface area contributed by atoms with Gasteiger partial charge in [-0.2, -0.15) is 0 Å². The molecular formula is C15H16BrN3OS. The molecule has 0 amide bonds. The van der Waals surface area contributed by atoms with Crippen LogP contribution in [0, 0.1) is 6.92 Å². The number of rotatable bonds is 5. The third-order valence-corrected chi connectivity index (χ3v) is 4.47. The van der Waals surface area contributed by atoms with E-state index in [1.165, 1.54) is 0 Å². The first-order valence-corrected chi connectivity index (χ1v) is 8.37. The summed E-state index contributed by atoms with van der Waals surface area (Å²) >= 11 is 5.14. The molecule has 0 unspecified atom stereocenters. The standard InChI is InChI=1S/C15H16BrN3OS/c1-10-6-12(16)7-11(2-3-17)14(10)20-9-13-8-19-4-5-21-15(19)18-13/h4-8H,2-3,9,17H2,1H3. The summed E-state index contributed by atoms with van der Waals surface area (Å²) in [6.07, 6.45) is 4.80. The second kappa shape index (κ2) is 6.17. The highest BCUT2D eigenvalue weighted by Crippen LogP contribution is 2.29. The van der Waals surface area contributed by atoms with Crippen LogP contribution in [0.2, 0.25) is 0 Å². The van der Waals surface area contributed by atoms with Gasteiger partial charge < -0.3 is 10.5 Å². The number of fused-ring (bicyclic) bond motifs is 1. The molecule has 0 fully saturated rings. The molecule has 0 saturated heterocycles. The zero-order chi connectivity index (χ0) is 14.8. The maximum Gasteiger partial charge on any atom is 0.193 e. The Morgan fingerprint density at radius 2 is 2.29 bits per heavy atom. The molecule has 0 aliphatic carbocycles. The van der Waals surface area contributed by atoms with Gasteiger partial charge in [-0.3, -0.25) is 4.40 Å². The maximum absolute atomic E-state index is 6.01. The lowest BCUT2D eigenvalue weighted by Gasteiger charge is -2.14. The molecule has 2 N–H and O–H groups in total. The summed E-state index contributed by atoms with van der Waals surface area (Å²) in [4.78, 5) is 5.52. The van der Waals surface area contributed by atoms with Crippen molar-refractivity contribution in [2.45, 2.75) is 20.0 Å². The minimum absolute atomic E-state index is 0.467. The molecule has 110 valence electrons. The number of thiazole rings is 1. The Morgan fingerprint density at radius 1 is 1.43 bits per heavy atom. The number of nitrogens with two attached hydrogens (primary N) is 1. The van der Waals surface area contributed by atoms with Gasteiger partial charge in [0.1, 0.15) is 12.4 Å².